The Hall–Kier alpha value is -3.42. The largest absolute Gasteiger partial charge is 0.494 e. The van der Waals surface area contributed by atoms with E-state index in [0.717, 1.165) is 24.3 Å². The van der Waals surface area contributed by atoms with Crippen molar-refractivity contribution in [3.05, 3.63) is 48.5 Å². The summed E-state index contributed by atoms with van der Waals surface area (Å²) in [6.07, 6.45) is 8.50. The summed E-state index contributed by atoms with van der Waals surface area (Å²) in [4.78, 5) is 23.9. The van der Waals surface area contributed by atoms with E-state index < -0.39 is 12.2 Å². The molecule has 2 amide bonds. The zero-order valence-electron chi connectivity index (χ0n) is 22.3. The number of anilines is 2. The number of carbonyl (C=O) groups is 2. The number of nitrogens with one attached hydrogen (secondary N) is 2. The highest BCUT2D eigenvalue weighted by Crippen LogP contribution is 2.17. The molecule has 0 saturated carbocycles. The number of hydrogen-bond acceptors (Lipinski definition) is 6. The Morgan fingerprint density at radius 1 is 0.541 bits per heavy atom. The molecule has 8 heteroatoms. The van der Waals surface area contributed by atoms with E-state index in [1.807, 2.05) is 24.3 Å². The predicted octanol–water partition coefficient (Wildman–Crippen LogP) is 7.79. The van der Waals surface area contributed by atoms with Gasteiger partial charge in [-0.05, 0) is 61.4 Å². The zero-order valence-corrected chi connectivity index (χ0v) is 22.3. The lowest BCUT2D eigenvalue weighted by Crippen LogP contribution is -2.17. The maximum Gasteiger partial charge on any atom is 0.411 e. The average Bonchev–Trinajstić information content (AvgIpc) is 2.90. The van der Waals surface area contributed by atoms with Gasteiger partial charge in [0.25, 0.3) is 0 Å². The first-order valence-electron chi connectivity index (χ1n) is 13.4. The van der Waals surface area contributed by atoms with Gasteiger partial charge in [-0.1, -0.05) is 52.4 Å². The Morgan fingerprint density at radius 3 is 1.32 bits per heavy atom. The predicted molar refractivity (Wildman–Crippen MR) is 147 cm³/mol. The van der Waals surface area contributed by atoms with Crippen LogP contribution in [0.5, 0.6) is 11.5 Å². The second-order valence-corrected chi connectivity index (χ2v) is 8.74. The summed E-state index contributed by atoms with van der Waals surface area (Å²) < 4.78 is 21.7. The minimum absolute atomic E-state index is 0.127. The van der Waals surface area contributed by atoms with Crippen molar-refractivity contribution in [1.29, 1.82) is 0 Å². The molecule has 0 aliphatic heterocycles. The Balaban J connectivity index is 1.53. The van der Waals surface area contributed by atoms with Crippen LogP contribution in [-0.2, 0) is 9.47 Å². The SMILES string of the molecule is CCCCCCOc1ccc(NC(=O)OCCCOC(=O)Nc2ccc(OCCCCCC)cc2)cc1. The van der Waals surface area contributed by atoms with Gasteiger partial charge in [0.2, 0.25) is 0 Å². The van der Waals surface area contributed by atoms with Crippen molar-refractivity contribution in [3.8, 4) is 11.5 Å². The van der Waals surface area contributed by atoms with Crippen molar-refractivity contribution in [1.82, 2.24) is 0 Å². The molecule has 0 aromatic heterocycles. The quantitative estimate of drug-likeness (QED) is 0.197. The van der Waals surface area contributed by atoms with Crippen molar-refractivity contribution in [2.24, 2.45) is 0 Å². The molecular weight excluding hydrogens is 472 g/mol. The minimum atomic E-state index is -0.564. The summed E-state index contributed by atoms with van der Waals surface area (Å²) in [5.74, 6) is 1.54. The fourth-order valence-electron chi connectivity index (χ4n) is 3.40. The minimum Gasteiger partial charge on any atom is -0.494 e. The van der Waals surface area contributed by atoms with E-state index in [1.165, 1.54) is 38.5 Å². The Labute approximate surface area is 221 Å². The molecule has 8 nitrogen and oxygen atoms in total. The van der Waals surface area contributed by atoms with E-state index in [0.29, 0.717) is 31.0 Å². The molecule has 2 rings (SSSR count). The molecular formula is C29H42N2O6. The van der Waals surface area contributed by atoms with Gasteiger partial charge in [-0.15, -0.1) is 0 Å². The molecule has 2 aromatic carbocycles. The summed E-state index contributed by atoms with van der Waals surface area (Å²) in [6.45, 7) is 5.99. The van der Waals surface area contributed by atoms with E-state index in [4.69, 9.17) is 18.9 Å². The van der Waals surface area contributed by atoms with E-state index in [2.05, 4.69) is 24.5 Å². The Bertz CT molecular complexity index is 813. The van der Waals surface area contributed by atoms with E-state index in [-0.39, 0.29) is 13.2 Å². The van der Waals surface area contributed by atoms with Crippen molar-refractivity contribution >= 4 is 23.6 Å². The highest BCUT2D eigenvalue weighted by Gasteiger charge is 2.06. The van der Waals surface area contributed by atoms with Crippen molar-refractivity contribution in [3.63, 3.8) is 0 Å². The lowest BCUT2D eigenvalue weighted by atomic mass is 10.2. The monoisotopic (exact) mass is 514 g/mol. The number of unbranched alkanes of at least 4 members (excludes halogenated alkanes) is 6. The number of rotatable bonds is 18. The van der Waals surface area contributed by atoms with Crippen LogP contribution in [-0.4, -0.2) is 38.6 Å². The van der Waals surface area contributed by atoms with E-state index in [1.54, 1.807) is 24.3 Å². The molecule has 0 bridgehead atoms. The normalized spacial score (nSPS) is 10.4. The van der Waals surface area contributed by atoms with Gasteiger partial charge in [0.1, 0.15) is 11.5 Å². The highest BCUT2D eigenvalue weighted by atomic mass is 16.6. The molecule has 0 aliphatic rings. The van der Waals surface area contributed by atoms with Crippen LogP contribution in [0.4, 0.5) is 21.0 Å². The van der Waals surface area contributed by atoms with Crippen LogP contribution in [0.2, 0.25) is 0 Å². The van der Waals surface area contributed by atoms with Crippen molar-refractivity contribution < 1.29 is 28.5 Å². The van der Waals surface area contributed by atoms with Crippen LogP contribution in [0, 0.1) is 0 Å². The zero-order chi connectivity index (χ0) is 26.6. The third-order valence-electron chi connectivity index (χ3n) is 5.49. The first-order chi connectivity index (χ1) is 18.1. The van der Waals surface area contributed by atoms with E-state index in [9.17, 15) is 9.59 Å². The van der Waals surface area contributed by atoms with Crippen LogP contribution < -0.4 is 20.1 Å². The molecule has 0 spiro atoms. The molecule has 2 aromatic rings. The lowest BCUT2D eigenvalue weighted by Gasteiger charge is -2.10. The standard InChI is InChI=1S/C29H42N2O6/c1-3-5-7-9-20-34-26-16-12-24(13-17-26)30-28(32)36-22-11-23-37-29(33)31-25-14-18-27(19-15-25)35-21-10-8-6-4-2/h12-19H,3-11,20-23H2,1-2H3,(H,30,32)(H,31,33). The fourth-order valence-corrected chi connectivity index (χ4v) is 3.40. The highest BCUT2D eigenvalue weighted by molar-refractivity contribution is 5.85. The Morgan fingerprint density at radius 2 is 0.946 bits per heavy atom. The van der Waals surface area contributed by atoms with Gasteiger partial charge in [-0.2, -0.15) is 0 Å². The van der Waals surface area contributed by atoms with Crippen LogP contribution in [0.15, 0.2) is 48.5 Å². The number of amides is 2. The topological polar surface area (TPSA) is 95.1 Å². The van der Waals surface area contributed by atoms with Gasteiger partial charge in [-0.3, -0.25) is 10.6 Å². The van der Waals surface area contributed by atoms with E-state index >= 15 is 0 Å². The first kappa shape index (κ1) is 29.8. The molecule has 0 radical (unpaired) electrons. The van der Waals surface area contributed by atoms with Crippen LogP contribution in [0.1, 0.15) is 71.6 Å². The smallest absolute Gasteiger partial charge is 0.411 e. The third-order valence-corrected chi connectivity index (χ3v) is 5.49. The summed E-state index contributed by atoms with van der Waals surface area (Å²) in [5.41, 5.74) is 1.23. The molecule has 0 atom stereocenters. The molecule has 0 saturated heterocycles. The van der Waals surface area contributed by atoms with Crippen LogP contribution in [0.25, 0.3) is 0 Å². The third kappa shape index (κ3) is 14.0. The van der Waals surface area contributed by atoms with Gasteiger partial charge in [0.05, 0.1) is 26.4 Å². The van der Waals surface area contributed by atoms with Crippen molar-refractivity contribution in [2.75, 3.05) is 37.1 Å². The van der Waals surface area contributed by atoms with Crippen molar-refractivity contribution in [2.45, 2.75) is 71.6 Å². The van der Waals surface area contributed by atoms with Gasteiger partial charge in [-0.25, -0.2) is 9.59 Å². The number of benzene rings is 2. The summed E-state index contributed by atoms with van der Waals surface area (Å²) in [7, 11) is 0. The maximum atomic E-state index is 12.0. The van der Waals surface area contributed by atoms with Gasteiger partial charge < -0.3 is 18.9 Å². The van der Waals surface area contributed by atoms with Gasteiger partial charge in [0.15, 0.2) is 0 Å². The maximum absolute atomic E-state index is 12.0. The average molecular weight is 515 g/mol. The summed E-state index contributed by atoms with van der Waals surface area (Å²) in [5, 5.41) is 5.33. The van der Waals surface area contributed by atoms with Crippen LogP contribution >= 0.6 is 0 Å². The molecule has 0 aliphatic carbocycles. The summed E-state index contributed by atoms with van der Waals surface area (Å²) in [6, 6.07) is 14.3. The molecule has 0 unspecified atom stereocenters. The fraction of sp³-hybridized carbons (Fsp3) is 0.517. The van der Waals surface area contributed by atoms with Crippen LogP contribution in [0.3, 0.4) is 0 Å². The molecule has 0 heterocycles. The van der Waals surface area contributed by atoms with Gasteiger partial charge >= 0.3 is 12.2 Å². The Kier molecular flexibility index (Phi) is 15.1. The second kappa shape index (κ2) is 18.8. The lowest BCUT2D eigenvalue weighted by molar-refractivity contribution is 0.133. The molecule has 0 fully saturated rings. The number of carbonyl (C=O) groups excluding carboxylic acids is 2. The summed E-state index contributed by atoms with van der Waals surface area (Å²) >= 11 is 0. The first-order valence-corrected chi connectivity index (χ1v) is 13.4. The molecule has 204 valence electrons. The second-order valence-electron chi connectivity index (χ2n) is 8.74. The number of hydrogen-bond donors (Lipinski definition) is 2. The molecule has 2 N–H and O–H groups in total. The molecule has 37 heavy (non-hydrogen) atoms. The number of ether oxygens (including phenoxy) is 4. The van der Waals surface area contributed by atoms with Gasteiger partial charge in [0, 0.05) is 17.8 Å².